The molecule has 0 bridgehead atoms. The number of amides is 1. The molecule has 2 aromatic carbocycles. The molecule has 0 fully saturated rings. The third kappa shape index (κ3) is 4.34. The van der Waals surface area contributed by atoms with Crippen molar-refractivity contribution in [2.75, 3.05) is 5.32 Å². The van der Waals surface area contributed by atoms with Crippen molar-refractivity contribution >= 4 is 29.1 Å². The minimum Gasteiger partial charge on any atom is -0.322 e. The van der Waals surface area contributed by atoms with Gasteiger partial charge in [0.25, 0.3) is 5.69 Å². The Balaban J connectivity index is 2.12. The molecule has 0 aliphatic heterocycles. The lowest BCUT2D eigenvalue weighted by molar-refractivity contribution is -0.384. The molecule has 0 aliphatic rings. The molecular weight excluding hydrogens is 296 g/mol. The van der Waals surface area contributed by atoms with Crippen molar-refractivity contribution in [1.82, 2.24) is 0 Å². The number of rotatable bonds is 5. The molecule has 1 N–H and O–H groups in total. The second-order valence-corrected chi connectivity index (χ2v) is 4.78. The second kappa shape index (κ2) is 7.13. The lowest BCUT2D eigenvalue weighted by Crippen LogP contribution is -2.11. The number of nitro groups is 1. The summed E-state index contributed by atoms with van der Waals surface area (Å²) >= 11 is 0. The first-order valence-electron chi connectivity index (χ1n) is 6.81. The van der Waals surface area contributed by atoms with Gasteiger partial charge in [-0.3, -0.25) is 19.7 Å². The molecule has 2 rings (SSSR count). The van der Waals surface area contributed by atoms with E-state index in [4.69, 9.17) is 0 Å². The number of anilines is 1. The molecule has 0 aliphatic carbocycles. The Morgan fingerprint density at radius 1 is 1.13 bits per heavy atom. The van der Waals surface area contributed by atoms with Crippen molar-refractivity contribution in [3.8, 4) is 0 Å². The van der Waals surface area contributed by atoms with Crippen molar-refractivity contribution in [1.29, 1.82) is 0 Å². The van der Waals surface area contributed by atoms with E-state index in [1.807, 2.05) is 0 Å². The topological polar surface area (TPSA) is 89.3 Å². The van der Waals surface area contributed by atoms with Crippen molar-refractivity contribution in [3.63, 3.8) is 0 Å². The molecule has 0 saturated heterocycles. The summed E-state index contributed by atoms with van der Waals surface area (Å²) in [7, 11) is 0. The minimum atomic E-state index is -0.499. The lowest BCUT2D eigenvalue weighted by atomic mass is 10.1. The zero-order valence-corrected chi connectivity index (χ0v) is 12.4. The number of non-ortho nitro benzene ring substituents is 1. The highest BCUT2D eigenvalue weighted by Crippen LogP contribution is 2.16. The van der Waals surface area contributed by atoms with Crippen LogP contribution in [0.5, 0.6) is 0 Å². The summed E-state index contributed by atoms with van der Waals surface area (Å²) < 4.78 is 0. The van der Waals surface area contributed by atoms with Crippen LogP contribution >= 0.6 is 0 Å². The van der Waals surface area contributed by atoms with Crippen molar-refractivity contribution in [3.05, 3.63) is 75.8 Å². The Labute approximate surface area is 132 Å². The molecular formula is C17H14N2O4. The van der Waals surface area contributed by atoms with Crippen LogP contribution in [0.15, 0.2) is 54.6 Å². The van der Waals surface area contributed by atoms with E-state index in [2.05, 4.69) is 5.32 Å². The first-order chi connectivity index (χ1) is 11.0. The van der Waals surface area contributed by atoms with E-state index in [0.717, 1.165) is 0 Å². The van der Waals surface area contributed by atoms with E-state index < -0.39 is 10.8 Å². The highest BCUT2D eigenvalue weighted by atomic mass is 16.6. The van der Waals surface area contributed by atoms with Gasteiger partial charge in [0, 0.05) is 23.8 Å². The van der Waals surface area contributed by atoms with Gasteiger partial charge in [0.15, 0.2) is 5.78 Å². The fourth-order valence-electron chi connectivity index (χ4n) is 1.99. The number of nitrogens with zero attached hydrogens (tertiary/aromatic N) is 1. The van der Waals surface area contributed by atoms with Gasteiger partial charge in [-0.15, -0.1) is 0 Å². The molecule has 1 amide bonds. The predicted molar refractivity (Wildman–Crippen MR) is 87.2 cm³/mol. The number of nitro benzene ring substituents is 1. The first kappa shape index (κ1) is 16.1. The minimum absolute atomic E-state index is 0.0468. The molecule has 2 aromatic rings. The first-order valence-corrected chi connectivity index (χ1v) is 6.81. The van der Waals surface area contributed by atoms with Gasteiger partial charge < -0.3 is 5.32 Å². The Kier molecular flexibility index (Phi) is 4.99. The number of nitrogens with one attached hydrogen (secondary N) is 1. The molecule has 0 radical (unpaired) electrons. The quantitative estimate of drug-likeness (QED) is 0.396. The number of ketones is 1. The number of para-hydroxylation sites is 1. The van der Waals surface area contributed by atoms with Crippen LogP contribution in [-0.2, 0) is 4.79 Å². The van der Waals surface area contributed by atoms with E-state index in [0.29, 0.717) is 16.8 Å². The maximum atomic E-state index is 11.9. The highest BCUT2D eigenvalue weighted by molar-refractivity contribution is 6.07. The van der Waals surface area contributed by atoms with Crippen LogP contribution in [0.4, 0.5) is 11.4 Å². The normalized spacial score (nSPS) is 10.5. The summed E-state index contributed by atoms with van der Waals surface area (Å²) in [6, 6.07) is 12.6. The molecule has 0 spiro atoms. The van der Waals surface area contributed by atoms with E-state index in [-0.39, 0.29) is 11.5 Å². The molecule has 6 heteroatoms. The number of hydrogen-bond acceptors (Lipinski definition) is 4. The molecule has 0 heterocycles. The summed E-state index contributed by atoms with van der Waals surface area (Å²) in [5, 5.41) is 13.3. The number of carbonyl (C=O) groups excluding carboxylic acids is 2. The maximum Gasteiger partial charge on any atom is 0.270 e. The predicted octanol–water partition coefficient (Wildman–Crippen LogP) is 3.45. The lowest BCUT2D eigenvalue weighted by Gasteiger charge is -2.06. The summed E-state index contributed by atoms with van der Waals surface area (Å²) in [6.07, 6.45) is 2.73. The smallest absolute Gasteiger partial charge is 0.270 e. The third-order valence-electron chi connectivity index (χ3n) is 3.07. The Hall–Kier alpha value is -3.28. The summed E-state index contributed by atoms with van der Waals surface area (Å²) in [5.41, 5.74) is 1.34. The van der Waals surface area contributed by atoms with Gasteiger partial charge in [0.2, 0.25) is 5.91 Å². The van der Waals surface area contributed by atoms with E-state index in [1.165, 1.54) is 31.2 Å². The molecule has 0 saturated carbocycles. The Morgan fingerprint density at radius 3 is 2.57 bits per heavy atom. The van der Waals surface area contributed by atoms with Gasteiger partial charge in [-0.05, 0) is 30.7 Å². The monoisotopic (exact) mass is 310 g/mol. The van der Waals surface area contributed by atoms with Gasteiger partial charge in [-0.2, -0.15) is 0 Å². The Bertz CT molecular complexity index is 797. The van der Waals surface area contributed by atoms with Crippen molar-refractivity contribution in [2.24, 2.45) is 0 Å². The molecule has 0 atom stereocenters. The molecule has 0 unspecified atom stereocenters. The van der Waals surface area contributed by atoms with Gasteiger partial charge in [0.1, 0.15) is 0 Å². The molecule has 0 aromatic heterocycles. The standard InChI is InChI=1S/C17H14N2O4/c1-12(20)15-7-2-3-8-16(15)18-17(21)10-9-13-5-4-6-14(11-13)19(22)23/h2-11H,1H3,(H,18,21). The zero-order valence-electron chi connectivity index (χ0n) is 12.4. The highest BCUT2D eigenvalue weighted by Gasteiger charge is 2.08. The SMILES string of the molecule is CC(=O)c1ccccc1NC(=O)C=Cc1cccc([N+](=O)[O-])c1. The average Bonchev–Trinajstić information content (AvgIpc) is 2.53. The fraction of sp³-hybridized carbons (Fsp3) is 0.0588. The van der Waals surface area contributed by atoms with Crippen LogP contribution in [0, 0.1) is 10.1 Å². The van der Waals surface area contributed by atoms with E-state index >= 15 is 0 Å². The van der Waals surface area contributed by atoms with Crippen LogP contribution in [0.1, 0.15) is 22.8 Å². The number of hydrogen-bond donors (Lipinski definition) is 1. The summed E-state index contributed by atoms with van der Waals surface area (Å²) in [4.78, 5) is 33.6. The fourth-order valence-corrected chi connectivity index (χ4v) is 1.99. The second-order valence-electron chi connectivity index (χ2n) is 4.78. The van der Waals surface area contributed by atoms with Crippen LogP contribution in [-0.4, -0.2) is 16.6 Å². The van der Waals surface area contributed by atoms with Gasteiger partial charge in [0.05, 0.1) is 10.6 Å². The van der Waals surface area contributed by atoms with Gasteiger partial charge in [-0.25, -0.2) is 0 Å². The molecule has 6 nitrogen and oxygen atoms in total. The van der Waals surface area contributed by atoms with Gasteiger partial charge in [-0.1, -0.05) is 24.3 Å². The van der Waals surface area contributed by atoms with E-state index in [9.17, 15) is 19.7 Å². The van der Waals surface area contributed by atoms with Crippen LogP contribution < -0.4 is 5.32 Å². The van der Waals surface area contributed by atoms with Crippen molar-refractivity contribution < 1.29 is 14.5 Å². The average molecular weight is 310 g/mol. The van der Waals surface area contributed by atoms with Crippen LogP contribution in [0.2, 0.25) is 0 Å². The molecule has 116 valence electrons. The third-order valence-corrected chi connectivity index (χ3v) is 3.07. The number of benzene rings is 2. The Morgan fingerprint density at radius 2 is 1.87 bits per heavy atom. The van der Waals surface area contributed by atoms with E-state index in [1.54, 1.807) is 36.4 Å². The summed E-state index contributed by atoms with van der Waals surface area (Å²) in [5.74, 6) is -0.575. The van der Waals surface area contributed by atoms with Crippen molar-refractivity contribution in [2.45, 2.75) is 6.92 Å². The summed E-state index contributed by atoms with van der Waals surface area (Å²) in [6.45, 7) is 1.42. The zero-order chi connectivity index (χ0) is 16.8. The van der Waals surface area contributed by atoms with Crippen LogP contribution in [0.25, 0.3) is 6.08 Å². The molecule has 23 heavy (non-hydrogen) atoms. The van der Waals surface area contributed by atoms with Gasteiger partial charge >= 0.3 is 0 Å². The number of Topliss-reactive ketones (excluding diaryl/α,β-unsaturated/α-hetero) is 1. The maximum absolute atomic E-state index is 11.9. The number of carbonyl (C=O) groups is 2. The largest absolute Gasteiger partial charge is 0.322 e. The van der Waals surface area contributed by atoms with Crippen LogP contribution in [0.3, 0.4) is 0 Å².